The number of hydrogen-bond donors (Lipinski definition) is 1. The highest BCUT2D eigenvalue weighted by Gasteiger charge is 2.15. The van der Waals surface area contributed by atoms with Crippen LogP contribution in [0.25, 0.3) is 10.8 Å². The molecule has 3 heteroatoms. The van der Waals surface area contributed by atoms with E-state index >= 15 is 0 Å². The second-order valence-corrected chi connectivity index (χ2v) is 5.99. The number of rotatable bonds is 5. The number of amidine groups is 1. The molecule has 0 aliphatic carbocycles. The van der Waals surface area contributed by atoms with Crippen molar-refractivity contribution in [3.8, 4) is 5.75 Å². The molecule has 3 aromatic rings. The lowest BCUT2D eigenvalue weighted by atomic mass is 10.0. The van der Waals surface area contributed by atoms with Gasteiger partial charge in [0.25, 0.3) is 0 Å². The molecule has 0 spiro atoms. The van der Waals surface area contributed by atoms with Crippen LogP contribution in [-0.4, -0.2) is 12.4 Å². The number of aliphatic imine (C=N–C) groups is 1. The van der Waals surface area contributed by atoms with Crippen molar-refractivity contribution in [3.63, 3.8) is 0 Å². The Bertz CT molecular complexity index is 892. The minimum absolute atomic E-state index is 0.768. The fourth-order valence-electron chi connectivity index (χ4n) is 2.97. The summed E-state index contributed by atoms with van der Waals surface area (Å²) in [6, 6.07) is 20.7. The van der Waals surface area contributed by atoms with Crippen molar-refractivity contribution < 1.29 is 4.74 Å². The second-order valence-electron chi connectivity index (χ2n) is 5.99. The number of benzene rings is 3. The highest BCUT2D eigenvalue weighted by atomic mass is 16.5. The van der Waals surface area contributed by atoms with E-state index in [1.165, 1.54) is 10.8 Å². The smallest absolute Gasteiger partial charge is 0.138 e. The van der Waals surface area contributed by atoms with Gasteiger partial charge in [0.15, 0.2) is 0 Å². The largest absolute Gasteiger partial charge is 0.494 e. The molecule has 1 aliphatic heterocycles. The molecule has 0 amide bonds. The van der Waals surface area contributed by atoms with E-state index in [9.17, 15) is 0 Å². The standard InChI is InChI=1S/C21H20N2O/c1-2-3-14-24-17-12-10-16(11-13-17)21-22-18-8-4-6-15-7-5-9-19(23-21)20(15)18/h4-13H,2-3,14H2,1H3,(H,22,23). The molecule has 0 fully saturated rings. The molecule has 1 heterocycles. The number of nitrogens with one attached hydrogen (secondary N) is 1. The van der Waals surface area contributed by atoms with Gasteiger partial charge in [-0.15, -0.1) is 0 Å². The quantitative estimate of drug-likeness (QED) is 0.629. The third-order valence-electron chi connectivity index (χ3n) is 4.26. The summed E-state index contributed by atoms with van der Waals surface area (Å²) in [6.45, 7) is 2.93. The molecule has 0 bridgehead atoms. The number of nitrogens with zero attached hydrogens (tertiary/aromatic N) is 1. The van der Waals surface area contributed by atoms with E-state index in [1.54, 1.807) is 0 Å². The molecule has 0 saturated heterocycles. The summed E-state index contributed by atoms with van der Waals surface area (Å²) < 4.78 is 5.73. The Morgan fingerprint density at radius 2 is 1.75 bits per heavy atom. The maximum Gasteiger partial charge on any atom is 0.138 e. The first-order chi connectivity index (χ1) is 11.8. The van der Waals surface area contributed by atoms with Gasteiger partial charge in [-0.3, -0.25) is 0 Å². The lowest BCUT2D eigenvalue weighted by Crippen LogP contribution is -2.16. The monoisotopic (exact) mass is 316 g/mol. The second kappa shape index (κ2) is 6.36. The van der Waals surface area contributed by atoms with Crippen LogP contribution in [0, 0.1) is 0 Å². The van der Waals surface area contributed by atoms with Crippen molar-refractivity contribution in [2.75, 3.05) is 11.9 Å². The highest BCUT2D eigenvalue weighted by Crippen LogP contribution is 2.36. The predicted molar refractivity (Wildman–Crippen MR) is 101 cm³/mol. The highest BCUT2D eigenvalue weighted by molar-refractivity contribution is 6.18. The first-order valence-corrected chi connectivity index (χ1v) is 8.46. The van der Waals surface area contributed by atoms with Crippen molar-refractivity contribution in [3.05, 3.63) is 66.2 Å². The van der Waals surface area contributed by atoms with E-state index in [4.69, 9.17) is 9.73 Å². The van der Waals surface area contributed by atoms with Gasteiger partial charge in [-0.25, -0.2) is 4.99 Å². The molecular weight excluding hydrogens is 296 g/mol. The third kappa shape index (κ3) is 2.73. The van der Waals surface area contributed by atoms with E-state index in [0.29, 0.717) is 0 Å². The predicted octanol–water partition coefficient (Wildman–Crippen LogP) is 5.52. The average molecular weight is 316 g/mol. The maximum absolute atomic E-state index is 5.73. The Morgan fingerprint density at radius 1 is 0.958 bits per heavy atom. The summed E-state index contributed by atoms with van der Waals surface area (Å²) in [4.78, 5) is 4.80. The van der Waals surface area contributed by atoms with Crippen LogP contribution in [0.1, 0.15) is 25.3 Å². The Morgan fingerprint density at radius 3 is 2.54 bits per heavy atom. The molecule has 3 aromatic carbocycles. The van der Waals surface area contributed by atoms with Crippen molar-refractivity contribution in [1.29, 1.82) is 0 Å². The Kier molecular flexibility index (Phi) is 3.91. The van der Waals surface area contributed by atoms with Crippen LogP contribution in [0.5, 0.6) is 5.75 Å². The van der Waals surface area contributed by atoms with Gasteiger partial charge in [-0.2, -0.15) is 0 Å². The van der Waals surface area contributed by atoms with Gasteiger partial charge >= 0.3 is 0 Å². The van der Waals surface area contributed by atoms with Gasteiger partial charge in [0.2, 0.25) is 0 Å². The lowest BCUT2D eigenvalue weighted by Gasteiger charge is -2.19. The lowest BCUT2D eigenvalue weighted by molar-refractivity contribution is 0.309. The first-order valence-electron chi connectivity index (χ1n) is 8.46. The summed E-state index contributed by atoms with van der Waals surface area (Å²) in [7, 11) is 0. The number of hydrogen-bond acceptors (Lipinski definition) is 3. The normalized spacial score (nSPS) is 12.6. The summed E-state index contributed by atoms with van der Waals surface area (Å²) >= 11 is 0. The molecule has 0 unspecified atom stereocenters. The van der Waals surface area contributed by atoms with Gasteiger partial charge in [0.05, 0.1) is 12.3 Å². The molecule has 0 aromatic heterocycles. The molecule has 1 aliphatic rings. The van der Waals surface area contributed by atoms with E-state index in [-0.39, 0.29) is 0 Å². The molecule has 0 saturated carbocycles. The van der Waals surface area contributed by atoms with Crippen LogP contribution in [0.15, 0.2) is 65.7 Å². The average Bonchev–Trinajstić information content (AvgIpc) is 2.63. The van der Waals surface area contributed by atoms with E-state index in [0.717, 1.165) is 48.0 Å². The van der Waals surface area contributed by atoms with Crippen LogP contribution in [0.2, 0.25) is 0 Å². The van der Waals surface area contributed by atoms with Crippen LogP contribution in [0.3, 0.4) is 0 Å². The fraction of sp³-hybridized carbons (Fsp3) is 0.190. The zero-order valence-corrected chi connectivity index (χ0v) is 13.8. The van der Waals surface area contributed by atoms with Gasteiger partial charge < -0.3 is 10.1 Å². The summed E-state index contributed by atoms with van der Waals surface area (Å²) in [5, 5.41) is 5.85. The first kappa shape index (κ1) is 14.8. The summed E-state index contributed by atoms with van der Waals surface area (Å²) in [5.41, 5.74) is 3.18. The van der Waals surface area contributed by atoms with Crippen molar-refractivity contribution in [1.82, 2.24) is 0 Å². The zero-order chi connectivity index (χ0) is 16.4. The van der Waals surface area contributed by atoms with Gasteiger partial charge in [-0.05, 0) is 48.2 Å². The van der Waals surface area contributed by atoms with Crippen LogP contribution >= 0.6 is 0 Å². The summed E-state index contributed by atoms with van der Waals surface area (Å²) in [6.07, 6.45) is 2.22. The Hall–Kier alpha value is -2.81. The minimum atomic E-state index is 0.768. The van der Waals surface area contributed by atoms with E-state index in [2.05, 4.69) is 60.8 Å². The van der Waals surface area contributed by atoms with E-state index in [1.807, 2.05) is 12.1 Å². The molecule has 120 valence electrons. The zero-order valence-electron chi connectivity index (χ0n) is 13.8. The van der Waals surface area contributed by atoms with Crippen LogP contribution < -0.4 is 10.1 Å². The topological polar surface area (TPSA) is 33.6 Å². The molecular formula is C21H20N2O. The Balaban J connectivity index is 1.63. The molecule has 24 heavy (non-hydrogen) atoms. The van der Waals surface area contributed by atoms with E-state index < -0.39 is 0 Å². The van der Waals surface area contributed by atoms with Crippen molar-refractivity contribution in [2.45, 2.75) is 19.8 Å². The SMILES string of the molecule is CCCCOc1ccc(C2=Nc3cccc4cccc(c34)N2)cc1. The number of anilines is 1. The van der Waals surface area contributed by atoms with Crippen molar-refractivity contribution >= 4 is 28.0 Å². The molecule has 4 rings (SSSR count). The van der Waals surface area contributed by atoms with Crippen LogP contribution in [-0.2, 0) is 0 Å². The molecule has 0 radical (unpaired) electrons. The van der Waals surface area contributed by atoms with Crippen LogP contribution in [0.4, 0.5) is 11.4 Å². The summed E-state index contributed by atoms with van der Waals surface area (Å²) in [5.74, 6) is 1.78. The van der Waals surface area contributed by atoms with Gasteiger partial charge in [0.1, 0.15) is 11.6 Å². The number of ether oxygens (including phenoxy) is 1. The third-order valence-corrected chi connectivity index (χ3v) is 4.26. The maximum atomic E-state index is 5.73. The molecule has 3 nitrogen and oxygen atoms in total. The molecule has 1 N–H and O–H groups in total. The van der Waals surface area contributed by atoms with Gasteiger partial charge in [-0.1, -0.05) is 37.6 Å². The Labute approximate surface area is 142 Å². The minimum Gasteiger partial charge on any atom is -0.494 e. The number of unbranched alkanes of at least 4 members (excludes halogenated alkanes) is 1. The van der Waals surface area contributed by atoms with Gasteiger partial charge in [0, 0.05) is 16.6 Å². The fourth-order valence-corrected chi connectivity index (χ4v) is 2.97. The van der Waals surface area contributed by atoms with Crippen molar-refractivity contribution in [2.24, 2.45) is 4.99 Å². The molecule has 0 atom stereocenters.